The van der Waals surface area contributed by atoms with Crippen LogP contribution in [0.5, 0.6) is 0 Å². The number of hydrogen-bond donors (Lipinski definition) is 1. The van der Waals surface area contributed by atoms with Crippen LogP contribution in [0.3, 0.4) is 0 Å². The Kier molecular flexibility index (Phi) is 3.35. The standard InChI is InChI=1S/C17H15N7OS/c1-23-14-11(8-21-24(17(14)25)9-12-19-5-6-20-12)15-16(23)22-13(26-15)7-10-3-2-4-18-10/h2-3,5-6,8H,4,7,9H2,1H3,(H,19,20). The maximum Gasteiger partial charge on any atom is 0.291 e. The average molecular weight is 365 g/mol. The number of allylic oxidation sites excluding steroid dienone is 1. The Morgan fingerprint density at radius 1 is 1.38 bits per heavy atom. The predicted molar refractivity (Wildman–Crippen MR) is 101 cm³/mol. The molecule has 1 N–H and O–H groups in total. The van der Waals surface area contributed by atoms with E-state index in [-0.39, 0.29) is 5.56 Å². The number of nitrogens with one attached hydrogen (secondary N) is 1. The van der Waals surface area contributed by atoms with E-state index in [1.165, 1.54) is 4.68 Å². The van der Waals surface area contributed by atoms with Crippen molar-refractivity contribution in [3.05, 3.63) is 51.9 Å². The summed E-state index contributed by atoms with van der Waals surface area (Å²) < 4.78 is 4.28. The number of aliphatic imine (C=N–C) groups is 1. The molecule has 0 saturated carbocycles. The van der Waals surface area contributed by atoms with Gasteiger partial charge in [-0.1, -0.05) is 6.08 Å². The molecule has 4 aromatic rings. The summed E-state index contributed by atoms with van der Waals surface area (Å²) in [6.45, 7) is 1.06. The van der Waals surface area contributed by atoms with Crippen molar-refractivity contribution in [2.45, 2.75) is 13.0 Å². The van der Waals surface area contributed by atoms with Gasteiger partial charge in [0.15, 0.2) is 5.65 Å². The molecular weight excluding hydrogens is 350 g/mol. The number of aryl methyl sites for hydroxylation is 1. The normalized spacial score (nSPS) is 14.0. The zero-order valence-electron chi connectivity index (χ0n) is 14.0. The van der Waals surface area contributed by atoms with Crippen LogP contribution in [0.15, 0.2) is 40.5 Å². The maximum absolute atomic E-state index is 12.9. The summed E-state index contributed by atoms with van der Waals surface area (Å²) in [6.07, 6.45) is 9.94. The van der Waals surface area contributed by atoms with Crippen LogP contribution in [0.1, 0.15) is 10.8 Å². The third-order valence-corrected chi connectivity index (χ3v) is 5.54. The van der Waals surface area contributed by atoms with Crippen LogP contribution < -0.4 is 5.56 Å². The number of nitrogens with zero attached hydrogens (tertiary/aromatic N) is 6. The van der Waals surface area contributed by atoms with Crippen LogP contribution >= 0.6 is 11.3 Å². The van der Waals surface area contributed by atoms with Crippen LogP contribution in [0.2, 0.25) is 0 Å². The predicted octanol–water partition coefficient (Wildman–Crippen LogP) is 1.67. The number of fused-ring (bicyclic) bond motifs is 3. The van der Waals surface area contributed by atoms with E-state index in [4.69, 9.17) is 4.98 Å². The van der Waals surface area contributed by atoms with Crippen LogP contribution in [-0.4, -0.2) is 41.6 Å². The maximum atomic E-state index is 12.9. The van der Waals surface area contributed by atoms with Gasteiger partial charge in [0.05, 0.1) is 17.4 Å². The third-order valence-electron chi connectivity index (χ3n) is 4.47. The van der Waals surface area contributed by atoms with Gasteiger partial charge in [0.25, 0.3) is 5.56 Å². The minimum absolute atomic E-state index is 0.142. The zero-order chi connectivity index (χ0) is 17.7. The lowest BCUT2D eigenvalue weighted by Crippen LogP contribution is -2.25. The molecule has 0 unspecified atom stereocenters. The van der Waals surface area contributed by atoms with Gasteiger partial charge in [0.2, 0.25) is 0 Å². The SMILES string of the molecule is Cn1c2nc(CC3=NCC=C3)sc2c2cnn(Cc3ncc[nH]3)c(=O)c21. The van der Waals surface area contributed by atoms with Crippen LogP contribution in [0.4, 0.5) is 0 Å². The highest BCUT2D eigenvalue weighted by Gasteiger charge is 2.19. The van der Waals surface area contributed by atoms with E-state index in [9.17, 15) is 4.79 Å². The monoisotopic (exact) mass is 365 g/mol. The number of H-pyrrole nitrogens is 1. The fourth-order valence-corrected chi connectivity index (χ4v) is 4.35. The van der Waals surface area contributed by atoms with Crippen LogP contribution in [-0.2, 0) is 20.0 Å². The Morgan fingerprint density at radius 2 is 2.31 bits per heavy atom. The lowest BCUT2D eigenvalue weighted by atomic mass is 10.3. The molecular formula is C17H15N7OS. The van der Waals surface area contributed by atoms with Gasteiger partial charge in [-0.15, -0.1) is 11.3 Å². The van der Waals surface area contributed by atoms with Crippen molar-refractivity contribution in [1.82, 2.24) is 29.3 Å². The van der Waals surface area contributed by atoms with Crippen molar-refractivity contribution in [3.8, 4) is 0 Å². The molecule has 5 heterocycles. The highest BCUT2D eigenvalue weighted by Crippen LogP contribution is 2.31. The molecule has 0 aliphatic carbocycles. The van der Waals surface area contributed by atoms with E-state index in [2.05, 4.69) is 20.1 Å². The van der Waals surface area contributed by atoms with Gasteiger partial charge < -0.3 is 9.55 Å². The molecule has 0 bridgehead atoms. The molecule has 0 spiro atoms. The van der Waals surface area contributed by atoms with Gasteiger partial charge in [0, 0.05) is 37.0 Å². The van der Waals surface area contributed by atoms with Gasteiger partial charge in [0.1, 0.15) is 22.9 Å². The number of aromatic nitrogens is 6. The highest BCUT2D eigenvalue weighted by atomic mass is 32.1. The molecule has 26 heavy (non-hydrogen) atoms. The van der Waals surface area contributed by atoms with Crippen molar-refractivity contribution >= 4 is 38.3 Å². The first-order chi connectivity index (χ1) is 12.7. The third kappa shape index (κ3) is 2.31. The van der Waals surface area contributed by atoms with Crippen molar-refractivity contribution < 1.29 is 0 Å². The smallest absolute Gasteiger partial charge is 0.291 e. The lowest BCUT2D eigenvalue weighted by Gasteiger charge is -2.03. The number of imidazole rings is 1. The van der Waals surface area contributed by atoms with Gasteiger partial charge in [-0.05, 0) is 6.08 Å². The molecule has 9 heteroatoms. The molecule has 5 rings (SSSR count). The first-order valence-electron chi connectivity index (χ1n) is 8.23. The molecule has 0 fully saturated rings. The van der Waals surface area contributed by atoms with E-state index in [1.807, 2.05) is 23.8 Å². The van der Waals surface area contributed by atoms with E-state index >= 15 is 0 Å². The molecule has 0 amide bonds. The zero-order valence-corrected chi connectivity index (χ0v) is 14.8. The van der Waals surface area contributed by atoms with Crippen molar-refractivity contribution in [2.75, 3.05) is 6.54 Å². The molecule has 1 aliphatic heterocycles. The Morgan fingerprint density at radius 3 is 3.08 bits per heavy atom. The molecule has 1 aliphatic rings. The lowest BCUT2D eigenvalue weighted by molar-refractivity contribution is 0.623. The quantitative estimate of drug-likeness (QED) is 0.595. The molecule has 0 saturated heterocycles. The summed E-state index contributed by atoms with van der Waals surface area (Å²) in [7, 11) is 1.87. The van der Waals surface area contributed by atoms with Gasteiger partial charge in [-0.2, -0.15) is 5.10 Å². The summed E-state index contributed by atoms with van der Waals surface area (Å²) in [5.74, 6) is 0.695. The average Bonchev–Trinajstić information content (AvgIpc) is 3.39. The number of hydrogen-bond acceptors (Lipinski definition) is 6. The summed E-state index contributed by atoms with van der Waals surface area (Å²) >= 11 is 1.60. The van der Waals surface area contributed by atoms with E-state index in [1.54, 1.807) is 29.9 Å². The molecule has 8 nitrogen and oxygen atoms in total. The van der Waals surface area contributed by atoms with E-state index in [0.717, 1.165) is 39.4 Å². The number of thiazole rings is 1. The second-order valence-corrected chi connectivity index (χ2v) is 7.22. The molecule has 4 aromatic heterocycles. The topological polar surface area (TPSA) is 93.8 Å². The largest absolute Gasteiger partial charge is 0.347 e. The minimum atomic E-state index is -0.142. The fourth-order valence-electron chi connectivity index (χ4n) is 3.23. The van der Waals surface area contributed by atoms with Gasteiger partial charge >= 0.3 is 0 Å². The summed E-state index contributed by atoms with van der Waals surface area (Å²) in [5, 5.41) is 6.17. The number of aromatic amines is 1. The molecule has 130 valence electrons. The van der Waals surface area contributed by atoms with Gasteiger partial charge in [-0.25, -0.2) is 14.6 Å². The summed E-state index contributed by atoms with van der Waals surface area (Å²) in [4.78, 5) is 29.2. The molecule has 0 aromatic carbocycles. The molecule has 0 atom stereocenters. The summed E-state index contributed by atoms with van der Waals surface area (Å²) in [5.41, 5.74) is 2.34. The van der Waals surface area contributed by atoms with Crippen LogP contribution in [0.25, 0.3) is 21.3 Å². The van der Waals surface area contributed by atoms with Crippen molar-refractivity contribution in [1.29, 1.82) is 0 Å². The van der Waals surface area contributed by atoms with Crippen molar-refractivity contribution in [3.63, 3.8) is 0 Å². The van der Waals surface area contributed by atoms with Crippen molar-refractivity contribution in [2.24, 2.45) is 12.0 Å². The second-order valence-electron chi connectivity index (χ2n) is 6.14. The van der Waals surface area contributed by atoms with Crippen LogP contribution in [0, 0.1) is 0 Å². The number of rotatable bonds is 4. The Labute approximate surface area is 151 Å². The minimum Gasteiger partial charge on any atom is -0.347 e. The fraction of sp³-hybridized carbons (Fsp3) is 0.235. The van der Waals surface area contributed by atoms with Gasteiger partial charge in [-0.3, -0.25) is 9.79 Å². The van der Waals surface area contributed by atoms with E-state index in [0.29, 0.717) is 17.9 Å². The van der Waals surface area contributed by atoms with E-state index < -0.39 is 0 Å². The Bertz CT molecular complexity index is 1240. The first-order valence-corrected chi connectivity index (χ1v) is 9.04. The molecule has 0 radical (unpaired) electrons. The second kappa shape index (κ2) is 5.73. The first kappa shape index (κ1) is 15.2. The highest BCUT2D eigenvalue weighted by molar-refractivity contribution is 7.19. The Balaban J connectivity index is 1.61. The summed E-state index contributed by atoms with van der Waals surface area (Å²) in [6, 6.07) is 0. The Hall–Kier alpha value is -3.07.